The molecule has 4 rings (SSSR count). The minimum atomic E-state index is -1.82. The van der Waals surface area contributed by atoms with E-state index in [9.17, 15) is 24.6 Å². The number of aliphatic hydroxyl groups is 2. The number of nitrogens with zero attached hydrogens (tertiary/aromatic N) is 3. The molecule has 0 unspecified atom stereocenters. The van der Waals surface area contributed by atoms with E-state index in [1.54, 1.807) is 47.1 Å². The van der Waals surface area contributed by atoms with Crippen molar-refractivity contribution in [2.45, 2.75) is 50.7 Å². The van der Waals surface area contributed by atoms with Gasteiger partial charge < -0.3 is 24.9 Å². The first-order valence-corrected chi connectivity index (χ1v) is 12.0. The molecule has 0 aliphatic carbocycles. The molecule has 0 aromatic heterocycles. The van der Waals surface area contributed by atoms with Gasteiger partial charge in [0.05, 0.1) is 18.3 Å². The Morgan fingerprint density at radius 1 is 1.29 bits per heavy atom. The van der Waals surface area contributed by atoms with E-state index < -0.39 is 17.4 Å². The lowest BCUT2D eigenvalue weighted by molar-refractivity contribution is -0.139. The highest BCUT2D eigenvalue weighted by Crippen LogP contribution is 2.46. The summed E-state index contributed by atoms with van der Waals surface area (Å²) in [5.74, 6) is -1.10. The summed E-state index contributed by atoms with van der Waals surface area (Å²) in [7, 11) is 0. The number of benzene rings is 1. The predicted molar refractivity (Wildman–Crippen MR) is 129 cm³/mol. The average Bonchev–Trinajstić information content (AvgIpc) is 3.53. The maximum absolute atomic E-state index is 13.4. The van der Waals surface area contributed by atoms with E-state index in [4.69, 9.17) is 0 Å². The van der Waals surface area contributed by atoms with Crippen molar-refractivity contribution in [2.75, 3.05) is 36.0 Å². The Bertz CT molecular complexity index is 1020. The number of hydrogen-bond donors (Lipinski definition) is 2. The monoisotopic (exact) mass is 467 g/mol. The van der Waals surface area contributed by atoms with Crippen LogP contribution >= 0.6 is 0 Å². The smallest absolute Gasteiger partial charge is 0.264 e. The van der Waals surface area contributed by atoms with E-state index in [1.807, 2.05) is 6.07 Å². The summed E-state index contributed by atoms with van der Waals surface area (Å²) in [6.07, 6.45) is 8.09. The minimum absolute atomic E-state index is 0.0327. The largest absolute Gasteiger partial charge is 0.394 e. The molecule has 2 fully saturated rings. The van der Waals surface area contributed by atoms with Crippen molar-refractivity contribution in [3.05, 3.63) is 48.6 Å². The van der Waals surface area contributed by atoms with Gasteiger partial charge in [0.25, 0.3) is 5.91 Å². The van der Waals surface area contributed by atoms with Crippen LogP contribution in [-0.2, 0) is 20.0 Å². The number of aliphatic hydroxyl groups excluding tert-OH is 1. The summed E-state index contributed by atoms with van der Waals surface area (Å²) in [4.78, 5) is 43.2. The molecule has 0 radical (unpaired) electrons. The molecule has 3 atom stereocenters. The standard InChI is InChI=1S/C26H33N3O5/c1-3-13-29-22-12-11-19(27-15-6-10-24(27)32)16-21(22)26(34,25(29)33)18(2)7-4-9-23(31)28-14-5-8-20(28)17-30/h3-4,7,11-12,16,18,20,30,34H,1,5-6,8-10,13-15,17H2,2H3/b7-4+/t18-,20-,26+/m0/s1. The lowest BCUT2D eigenvalue weighted by Crippen LogP contribution is -2.44. The Balaban J connectivity index is 1.59. The number of amides is 3. The van der Waals surface area contributed by atoms with Crippen molar-refractivity contribution in [3.63, 3.8) is 0 Å². The Kier molecular flexibility index (Phi) is 6.91. The van der Waals surface area contributed by atoms with Gasteiger partial charge in [-0.2, -0.15) is 0 Å². The molecule has 0 bridgehead atoms. The number of likely N-dealkylation sites (tertiary alicyclic amines) is 1. The van der Waals surface area contributed by atoms with Crippen molar-refractivity contribution in [3.8, 4) is 0 Å². The third kappa shape index (κ3) is 4.05. The Morgan fingerprint density at radius 3 is 2.76 bits per heavy atom. The molecule has 0 spiro atoms. The van der Waals surface area contributed by atoms with Gasteiger partial charge in [-0.3, -0.25) is 14.4 Å². The molecular formula is C26H33N3O5. The fraction of sp³-hybridized carbons (Fsp3) is 0.500. The van der Waals surface area contributed by atoms with Crippen LogP contribution < -0.4 is 9.80 Å². The zero-order valence-electron chi connectivity index (χ0n) is 19.7. The normalized spacial score (nSPS) is 25.5. The van der Waals surface area contributed by atoms with Crippen LogP contribution in [0.4, 0.5) is 11.4 Å². The average molecular weight is 468 g/mol. The highest BCUT2D eigenvalue weighted by atomic mass is 16.3. The first kappa shape index (κ1) is 24.2. The van der Waals surface area contributed by atoms with E-state index in [2.05, 4.69) is 6.58 Å². The Labute approximate surface area is 200 Å². The second-order valence-electron chi connectivity index (χ2n) is 9.31. The molecule has 8 nitrogen and oxygen atoms in total. The molecule has 2 N–H and O–H groups in total. The van der Waals surface area contributed by atoms with E-state index in [1.165, 1.54) is 4.90 Å². The molecule has 1 aromatic carbocycles. The quantitative estimate of drug-likeness (QED) is 0.570. The van der Waals surface area contributed by atoms with Crippen LogP contribution in [-0.4, -0.2) is 65.1 Å². The third-order valence-corrected chi connectivity index (χ3v) is 7.23. The van der Waals surface area contributed by atoms with Crippen LogP contribution in [0.5, 0.6) is 0 Å². The van der Waals surface area contributed by atoms with Crippen LogP contribution in [0.2, 0.25) is 0 Å². The molecule has 3 aliphatic heterocycles. The highest BCUT2D eigenvalue weighted by molar-refractivity contribution is 6.08. The summed E-state index contributed by atoms with van der Waals surface area (Å²) in [5, 5.41) is 21.2. The summed E-state index contributed by atoms with van der Waals surface area (Å²) in [5.41, 5.74) is -0.0944. The molecule has 3 heterocycles. The van der Waals surface area contributed by atoms with E-state index in [-0.39, 0.29) is 37.4 Å². The number of fused-ring (bicyclic) bond motifs is 1. The van der Waals surface area contributed by atoms with E-state index in [0.29, 0.717) is 36.4 Å². The number of hydrogen-bond acceptors (Lipinski definition) is 5. The van der Waals surface area contributed by atoms with Gasteiger partial charge in [0.1, 0.15) is 0 Å². The van der Waals surface area contributed by atoms with Crippen molar-refractivity contribution < 1.29 is 24.6 Å². The van der Waals surface area contributed by atoms with Gasteiger partial charge in [0, 0.05) is 49.6 Å². The van der Waals surface area contributed by atoms with Crippen molar-refractivity contribution in [2.24, 2.45) is 5.92 Å². The fourth-order valence-electron chi connectivity index (χ4n) is 5.32. The Morgan fingerprint density at radius 2 is 2.09 bits per heavy atom. The molecule has 1 aromatic rings. The van der Waals surface area contributed by atoms with Gasteiger partial charge in [-0.15, -0.1) is 6.58 Å². The molecular weight excluding hydrogens is 434 g/mol. The van der Waals surface area contributed by atoms with Gasteiger partial charge in [0.2, 0.25) is 11.8 Å². The van der Waals surface area contributed by atoms with Gasteiger partial charge in [-0.25, -0.2) is 0 Å². The van der Waals surface area contributed by atoms with Crippen LogP contribution in [0, 0.1) is 5.92 Å². The molecule has 2 saturated heterocycles. The predicted octanol–water partition coefficient (Wildman–Crippen LogP) is 2.10. The lowest BCUT2D eigenvalue weighted by Gasteiger charge is -2.28. The van der Waals surface area contributed by atoms with Gasteiger partial charge in [0.15, 0.2) is 5.60 Å². The zero-order valence-corrected chi connectivity index (χ0v) is 19.7. The number of anilines is 2. The van der Waals surface area contributed by atoms with Crippen molar-refractivity contribution in [1.82, 2.24) is 4.90 Å². The maximum atomic E-state index is 13.4. The van der Waals surface area contributed by atoms with Crippen LogP contribution in [0.3, 0.4) is 0 Å². The SMILES string of the molecule is C=CCN1C(=O)[C@@](O)([C@@H](C)/C=C/CC(=O)N2CCC[C@H]2CO)c2cc(N3CCCC3=O)ccc21. The van der Waals surface area contributed by atoms with Crippen molar-refractivity contribution in [1.29, 1.82) is 0 Å². The second-order valence-corrected chi connectivity index (χ2v) is 9.31. The number of carbonyl (C=O) groups excluding carboxylic acids is 3. The summed E-state index contributed by atoms with van der Waals surface area (Å²) in [6, 6.07) is 5.19. The summed E-state index contributed by atoms with van der Waals surface area (Å²) in [6.45, 7) is 6.94. The molecule has 34 heavy (non-hydrogen) atoms. The molecule has 0 saturated carbocycles. The van der Waals surface area contributed by atoms with E-state index >= 15 is 0 Å². The topological polar surface area (TPSA) is 101 Å². The second kappa shape index (κ2) is 9.72. The lowest BCUT2D eigenvalue weighted by atomic mass is 9.82. The fourth-order valence-corrected chi connectivity index (χ4v) is 5.32. The zero-order chi connectivity index (χ0) is 24.5. The van der Waals surface area contributed by atoms with Crippen LogP contribution in [0.1, 0.15) is 44.6 Å². The van der Waals surface area contributed by atoms with Gasteiger partial charge >= 0.3 is 0 Å². The number of carbonyl (C=O) groups is 3. The van der Waals surface area contributed by atoms with Gasteiger partial charge in [-0.05, 0) is 37.5 Å². The van der Waals surface area contributed by atoms with Crippen LogP contribution in [0.15, 0.2) is 43.0 Å². The molecule has 182 valence electrons. The molecule has 3 amide bonds. The first-order valence-electron chi connectivity index (χ1n) is 12.0. The molecule has 3 aliphatic rings. The van der Waals surface area contributed by atoms with E-state index in [0.717, 1.165) is 19.3 Å². The van der Waals surface area contributed by atoms with Gasteiger partial charge in [-0.1, -0.05) is 25.2 Å². The highest BCUT2D eigenvalue weighted by Gasteiger charge is 2.52. The first-order chi connectivity index (χ1) is 16.3. The van der Waals surface area contributed by atoms with Crippen LogP contribution in [0.25, 0.3) is 0 Å². The van der Waals surface area contributed by atoms with Crippen molar-refractivity contribution >= 4 is 29.1 Å². The third-order valence-electron chi connectivity index (χ3n) is 7.23. The molecule has 8 heteroatoms. The Hall–Kier alpha value is -2.97. The summed E-state index contributed by atoms with van der Waals surface area (Å²) >= 11 is 0. The summed E-state index contributed by atoms with van der Waals surface area (Å²) < 4.78 is 0. The maximum Gasteiger partial charge on any atom is 0.264 e. The number of rotatable bonds is 8. The minimum Gasteiger partial charge on any atom is -0.394 e.